The molecule has 0 heterocycles. The SMILES string of the molecule is CC1(C)CCCCC1NC(=O)c1c(Cl)cccc1S(C)(=O)=O. The minimum absolute atomic E-state index is 0.000416. The number of nitrogens with one attached hydrogen (secondary N) is 1. The van der Waals surface area contributed by atoms with Crippen molar-refractivity contribution in [1.82, 2.24) is 5.32 Å². The average Bonchev–Trinajstić information content (AvgIpc) is 2.39. The lowest BCUT2D eigenvalue weighted by atomic mass is 9.73. The van der Waals surface area contributed by atoms with Crippen molar-refractivity contribution >= 4 is 27.3 Å². The van der Waals surface area contributed by atoms with E-state index in [-0.39, 0.29) is 26.9 Å². The molecule has 1 aromatic carbocycles. The van der Waals surface area contributed by atoms with E-state index in [1.807, 2.05) is 0 Å². The van der Waals surface area contributed by atoms with Gasteiger partial charge in [-0.15, -0.1) is 0 Å². The first-order chi connectivity index (χ1) is 10.1. The maximum atomic E-state index is 12.6. The smallest absolute Gasteiger partial charge is 0.254 e. The van der Waals surface area contributed by atoms with Crippen molar-refractivity contribution in [3.05, 3.63) is 28.8 Å². The molecule has 1 aliphatic rings. The van der Waals surface area contributed by atoms with E-state index < -0.39 is 15.7 Å². The molecule has 22 heavy (non-hydrogen) atoms. The van der Waals surface area contributed by atoms with Gasteiger partial charge in [-0.25, -0.2) is 8.42 Å². The summed E-state index contributed by atoms with van der Waals surface area (Å²) in [6.45, 7) is 4.25. The van der Waals surface area contributed by atoms with Crippen LogP contribution in [0.2, 0.25) is 5.02 Å². The second-order valence-corrected chi connectivity index (χ2v) is 9.04. The Morgan fingerprint density at radius 3 is 2.59 bits per heavy atom. The normalized spacial score (nSPS) is 21.4. The zero-order valence-electron chi connectivity index (χ0n) is 13.1. The van der Waals surface area contributed by atoms with Crippen LogP contribution in [0.1, 0.15) is 49.9 Å². The number of carbonyl (C=O) groups excluding carboxylic acids is 1. The van der Waals surface area contributed by atoms with Crippen molar-refractivity contribution < 1.29 is 13.2 Å². The van der Waals surface area contributed by atoms with E-state index in [4.69, 9.17) is 11.6 Å². The van der Waals surface area contributed by atoms with Gasteiger partial charge in [0.15, 0.2) is 9.84 Å². The van der Waals surface area contributed by atoms with Gasteiger partial charge in [-0.1, -0.05) is 44.4 Å². The fourth-order valence-corrected chi connectivity index (χ4v) is 4.24. The van der Waals surface area contributed by atoms with Crippen LogP contribution in [0.15, 0.2) is 23.1 Å². The minimum Gasteiger partial charge on any atom is -0.349 e. The number of amides is 1. The lowest BCUT2D eigenvalue weighted by molar-refractivity contribution is 0.0850. The standard InChI is InChI=1S/C16H22ClNO3S/c1-16(2)10-5-4-9-13(16)18-15(19)14-11(17)7-6-8-12(14)22(3,20)21/h6-8,13H,4-5,9-10H2,1-3H3,(H,18,19). The van der Waals surface area contributed by atoms with Crippen molar-refractivity contribution in [2.75, 3.05) is 6.26 Å². The van der Waals surface area contributed by atoms with Crippen LogP contribution >= 0.6 is 11.6 Å². The van der Waals surface area contributed by atoms with Gasteiger partial charge in [0, 0.05) is 12.3 Å². The van der Waals surface area contributed by atoms with Crippen molar-refractivity contribution in [3.63, 3.8) is 0 Å². The van der Waals surface area contributed by atoms with E-state index >= 15 is 0 Å². The molecule has 0 aromatic heterocycles. The van der Waals surface area contributed by atoms with E-state index in [0.717, 1.165) is 31.9 Å². The van der Waals surface area contributed by atoms with Gasteiger partial charge < -0.3 is 5.32 Å². The van der Waals surface area contributed by atoms with E-state index in [1.54, 1.807) is 6.07 Å². The van der Waals surface area contributed by atoms with Gasteiger partial charge in [0.05, 0.1) is 15.5 Å². The number of carbonyl (C=O) groups is 1. The third-order valence-corrected chi connectivity index (χ3v) is 5.87. The third kappa shape index (κ3) is 3.63. The Kier molecular flexibility index (Phi) is 4.87. The number of hydrogen-bond acceptors (Lipinski definition) is 3. The minimum atomic E-state index is -3.52. The van der Waals surface area contributed by atoms with Crippen molar-refractivity contribution in [3.8, 4) is 0 Å². The third-order valence-electron chi connectivity index (χ3n) is 4.41. The number of rotatable bonds is 3. The molecule has 1 aliphatic carbocycles. The van der Waals surface area contributed by atoms with Crippen LogP contribution < -0.4 is 5.32 Å². The predicted octanol–water partition coefficient (Wildman–Crippen LogP) is 3.44. The van der Waals surface area contributed by atoms with Crippen LogP contribution in [0.25, 0.3) is 0 Å². The highest BCUT2D eigenvalue weighted by Gasteiger charge is 2.34. The summed E-state index contributed by atoms with van der Waals surface area (Å²) < 4.78 is 23.8. The Balaban J connectivity index is 2.34. The fourth-order valence-electron chi connectivity index (χ4n) is 3.03. The molecule has 122 valence electrons. The Bertz CT molecular complexity index is 683. The second-order valence-electron chi connectivity index (χ2n) is 6.65. The second kappa shape index (κ2) is 6.20. The number of benzene rings is 1. The number of hydrogen-bond donors (Lipinski definition) is 1. The van der Waals surface area contributed by atoms with E-state index in [9.17, 15) is 13.2 Å². The molecule has 6 heteroatoms. The fraction of sp³-hybridized carbons (Fsp3) is 0.562. The maximum Gasteiger partial charge on any atom is 0.254 e. The summed E-state index contributed by atoms with van der Waals surface area (Å²) in [6, 6.07) is 4.52. The molecular weight excluding hydrogens is 322 g/mol. The maximum absolute atomic E-state index is 12.6. The highest BCUT2D eigenvalue weighted by Crippen LogP contribution is 2.36. The topological polar surface area (TPSA) is 63.2 Å². The van der Waals surface area contributed by atoms with Crippen LogP contribution in [0.4, 0.5) is 0 Å². The van der Waals surface area contributed by atoms with Crippen LogP contribution in [0, 0.1) is 5.41 Å². The molecule has 1 saturated carbocycles. The van der Waals surface area contributed by atoms with Gasteiger partial charge in [0.1, 0.15) is 0 Å². The molecule has 4 nitrogen and oxygen atoms in total. The number of halogens is 1. The number of sulfone groups is 1. The van der Waals surface area contributed by atoms with Gasteiger partial charge in [-0.2, -0.15) is 0 Å². The van der Waals surface area contributed by atoms with Crippen LogP contribution in [0.5, 0.6) is 0 Å². The molecule has 0 radical (unpaired) electrons. The van der Waals surface area contributed by atoms with E-state index in [1.165, 1.54) is 12.1 Å². The van der Waals surface area contributed by atoms with Crippen LogP contribution in [0.3, 0.4) is 0 Å². The molecular formula is C16H22ClNO3S. The first-order valence-corrected chi connectivity index (χ1v) is 9.69. The van der Waals surface area contributed by atoms with Gasteiger partial charge in [0.25, 0.3) is 5.91 Å². The lowest BCUT2D eigenvalue weighted by Gasteiger charge is -2.39. The molecule has 0 saturated heterocycles. The molecule has 1 N–H and O–H groups in total. The summed E-state index contributed by atoms with van der Waals surface area (Å²) in [7, 11) is -3.52. The molecule has 0 aliphatic heterocycles. The Labute approximate surface area is 137 Å². The zero-order chi connectivity index (χ0) is 16.5. The summed E-state index contributed by atoms with van der Waals surface area (Å²) >= 11 is 6.09. The van der Waals surface area contributed by atoms with Crippen molar-refractivity contribution in [2.24, 2.45) is 5.41 Å². The van der Waals surface area contributed by atoms with Crippen molar-refractivity contribution in [2.45, 2.75) is 50.5 Å². The molecule has 1 unspecified atom stereocenters. The summed E-state index contributed by atoms with van der Waals surface area (Å²) in [5, 5.41) is 3.15. The molecule has 0 bridgehead atoms. The van der Waals surface area contributed by atoms with E-state index in [2.05, 4.69) is 19.2 Å². The molecule has 0 spiro atoms. The summed E-state index contributed by atoms with van der Waals surface area (Å²) in [5.74, 6) is -0.411. The quantitative estimate of drug-likeness (QED) is 0.914. The Morgan fingerprint density at radius 1 is 1.32 bits per heavy atom. The van der Waals surface area contributed by atoms with Crippen LogP contribution in [-0.4, -0.2) is 26.6 Å². The summed E-state index contributed by atoms with van der Waals surface area (Å²) in [4.78, 5) is 12.6. The van der Waals surface area contributed by atoms with Gasteiger partial charge in [-0.05, 0) is 30.4 Å². The highest BCUT2D eigenvalue weighted by molar-refractivity contribution is 7.90. The molecule has 1 fully saturated rings. The van der Waals surface area contributed by atoms with Gasteiger partial charge >= 0.3 is 0 Å². The molecule has 1 amide bonds. The average molecular weight is 344 g/mol. The summed E-state index contributed by atoms with van der Waals surface area (Å²) in [6.07, 6.45) is 5.24. The Hall–Kier alpha value is -1.07. The van der Waals surface area contributed by atoms with Gasteiger partial charge in [0.2, 0.25) is 0 Å². The molecule has 1 atom stereocenters. The van der Waals surface area contributed by atoms with Crippen molar-refractivity contribution in [1.29, 1.82) is 0 Å². The lowest BCUT2D eigenvalue weighted by Crippen LogP contribution is -2.47. The first-order valence-electron chi connectivity index (χ1n) is 7.42. The predicted molar refractivity (Wildman–Crippen MR) is 88.1 cm³/mol. The van der Waals surface area contributed by atoms with Gasteiger partial charge in [-0.3, -0.25) is 4.79 Å². The largest absolute Gasteiger partial charge is 0.349 e. The molecule has 2 rings (SSSR count). The molecule has 1 aromatic rings. The van der Waals surface area contributed by atoms with E-state index in [0.29, 0.717) is 0 Å². The highest BCUT2D eigenvalue weighted by atomic mass is 35.5. The monoisotopic (exact) mass is 343 g/mol. The van der Waals surface area contributed by atoms with Crippen LogP contribution in [-0.2, 0) is 9.84 Å². The zero-order valence-corrected chi connectivity index (χ0v) is 14.7. The Morgan fingerprint density at radius 2 is 2.00 bits per heavy atom. The summed E-state index contributed by atoms with van der Waals surface area (Å²) in [5.41, 5.74) is 0.0495. The first kappa shape index (κ1) is 17.3.